The number of carbonyl (C=O) groups is 1. The zero-order valence-electron chi connectivity index (χ0n) is 26.6. The molecule has 0 aromatic heterocycles. The van der Waals surface area contributed by atoms with Gasteiger partial charge in [-0.3, -0.25) is 4.99 Å². The molecule has 0 N–H and O–H groups in total. The number of halogens is 2. The lowest BCUT2D eigenvalue weighted by atomic mass is 9.79. The number of aryl methyl sites for hydroxylation is 1. The van der Waals surface area contributed by atoms with Crippen LogP contribution in [0.15, 0.2) is 40.9 Å². The highest BCUT2D eigenvalue weighted by atomic mass is 19.3. The summed E-state index contributed by atoms with van der Waals surface area (Å²) in [6, 6.07) is 6.49. The predicted molar refractivity (Wildman–Crippen MR) is 159 cm³/mol. The van der Waals surface area contributed by atoms with Crippen molar-refractivity contribution in [3.05, 3.63) is 41.5 Å². The minimum atomic E-state index is -3.10. The molecule has 1 saturated heterocycles. The third-order valence-corrected chi connectivity index (χ3v) is 5.58. The highest BCUT2D eigenvalue weighted by Crippen LogP contribution is 2.31. The first kappa shape index (κ1) is 36.4. The second kappa shape index (κ2) is 15.8. The molecule has 1 amide bonds. The number of carbonyl (C=O) groups excluding carboxylic acids is 1. The van der Waals surface area contributed by atoms with Crippen LogP contribution in [-0.2, 0) is 4.74 Å². The summed E-state index contributed by atoms with van der Waals surface area (Å²) in [5.41, 5.74) is 2.07. The standard InChI is InChI=1S/C20H37N3O2.C9H10F2O.C2H6/c1-15(2)16(19(3,4)5)14-17(21-9)22-10-12-23(13-11-22)18(24)25-20(6,7)8;1-7-3-5-8(6-4-7)12-9(2,10)11;1-2/h14-15H,10-13H2,1-9H3;3-6H,1-2H3;1-2H3/b16-14+,21-17?;;. The van der Waals surface area contributed by atoms with Gasteiger partial charge in [0, 0.05) is 40.2 Å². The summed E-state index contributed by atoms with van der Waals surface area (Å²) < 4.78 is 34.4. The largest absolute Gasteiger partial charge is 0.444 e. The van der Waals surface area contributed by atoms with Crippen LogP contribution < -0.4 is 4.74 Å². The number of piperazine rings is 1. The van der Waals surface area contributed by atoms with Gasteiger partial charge in [-0.15, -0.1) is 0 Å². The van der Waals surface area contributed by atoms with Crippen molar-refractivity contribution in [1.82, 2.24) is 9.80 Å². The molecule has 2 rings (SSSR count). The van der Waals surface area contributed by atoms with E-state index in [2.05, 4.69) is 55.3 Å². The van der Waals surface area contributed by atoms with Crippen molar-refractivity contribution in [1.29, 1.82) is 0 Å². The number of aliphatic imine (C=N–C) groups is 1. The predicted octanol–water partition coefficient (Wildman–Crippen LogP) is 8.21. The van der Waals surface area contributed by atoms with Gasteiger partial charge in [-0.25, -0.2) is 4.79 Å². The fourth-order valence-corrected chi connectivity index (χ4v) is 3.94. The number of hydrogen-bond acceptors (Lipinski definition) is 4. The Hall–Kier alpha value is -2.64. The van der Waals surface area contributed by atoms with Crippen LogP contribution >= 0.6 is 0 Å². The Labute approximate surface area is 236 Å². The van der Waals surface area contributed by atoms with Crippen LogP contribution in [-0.4, -0.2) is 66.7 Å². The van der Waals surface area contributed by atoms with E-state index in [1.165, 1.54) is 17.7 Å². The maximum Gasteiger partial charge on any atom is 0.410 e. The number of alkyl halides is 2. The molecule has 224 valence electrons. The third kappa shape index (κ3) is 14.9. The summed E-state index contributed by atoms with van der Waals surface area (Å²) in [6.07, 6.45) is -1.10. The van der Waals surface area contributed by atoms with Gasteiger partial charge in [0.2, 0.25) is 0 Å². The molecule has 1 heterocycles. The third-order valence-electron chi connectivity index (χ3n) is 5.58. The number of amidine groups is 1. The molecule has 1 aromatic carbocycles. The summed E-state index contributed by atoms with van der Waals surface area (Å²) >= 11 is 0. The van der Waals surface area contributed by atoms with E-state index in [4.69, 9.17) is 4.74 Å². The lowest BCUT2D eigenvalue weighted by Crippen LogP contribution is -2.51. The molecule has 1 aromatic rings. The molecule has 0 bridgehead atoms. The Balaban J connectivity index is 0.000000858. The zero-order valence-corrected chi connectivity index (χ0v) is 26.6. The van der Waals surface area contributed by atoms with Gasteiger partial charge >= 0.3 is 12.2 Å². The minimum absolute atomic E-state index is 0.114. The maximum atomic E-state index is 12.3. The molecule has 6 nitrogen and oxygen atoms in total. The first-order chi connectivity index (χ1) is 17.8. The van der Waals surface area contributed by atoms with Crippen molar-refractivity contribution < 1.29 is 23.0 Å². The average Bonchev–Trinajstić information content (AvgIpc) is 2.80. The second-order valence-electron chi connectivity index (χ2n) is 11.8. The molecule has 0 spiro atoms. The van der Waals surface area contributed by atoms with Crippen molar-refractivity contribution >= 4 is 11.9 Å². The Morgan fingerprint density at radius 3 is 1.74 bits per heavy atom. The van der Waals surface area contributed by atoms with Gasteiger partial charge in [-0.1, -0.05) is 71.7 Å². The first-order valence-corrected chi connectivity index (χ1v) is 13.9. The highest BCUT2D eigenvalue weighted by Gasteiger charge is 2.28. The van der Waals surface area contributed by atoms with Crippen molar-refractivity contribution in [2.24, 2.45) is 16.3 Å². The summed E-state index contributed by atoms with van der Waals surface area (Å²) in [5.74, 6) is 1.66. The number of benzene rings is 1. The van der Waals surface area contributed by atoms with Crippen LogP contribution in [0.5, 0.6) is 5.75 Å². The van der Waals surface area contributed by atoms with Crippen molar-refractivity contribution in [2.75, 3.05) is 33.2 Å². The smallest absolute Gasteiger partial charge is 0.410 e. The monoisotopic (exact) mass is 553 g/mol. The maximum absolute atomic E-state index is 12.3. The van der Waals surface area contributed by atoms with Crippen LogP contribution in [0.1, 0.15) is 81.7 Å². The number of allylic oxidation sites excluding steroid dienone is 1. The molecule has 0 aliphatic carbocycles. The molecule has 8 heteroatoms. The molecule has 1 aliphatic heterocycles. The van der Waals surface area contributed by atoms with E-state index in [-0.39, 0.29) is 17.3 Å². The molecule has 0 unspecified atom stereocenters. The minimum Gasteiger partial charge on any atom is -0.444 e. The molecule has 1 fully saturated rings. The first-order valence-electron chi connectivity index (χ1n) is 13.9. The SMILES string of the molecule is CC.CN=C(/C=C(\C(C)C)C(C)(C)C)N1CCN(C(=O)OC(C)(C)C)CC1.Cc1ccc(OC(C)(F)F)cc1. The number of amides is 1. The van der Waals surface area contributed by atoms with Crippen LogP contribution in [0.2, 0.25) is 0 Å². The van der Waals surface area contributed by atoms with Gasteiger partial charge in [0.1, 0.15) is 17.2 Å². The molecule has 0 atom stereocenters. The van der Waals surface area contributed by atoms with Gasteiger partial charge in [-0.05, 0) is 57.2 Å². The fraction of sp³-hybridized carbons (Fsp3) is 0.677. The summed E-state index contributed by atoms with van der Waals surface area (Å²) in [5, 5.41) is 0. The molecule has 0 saturated carbocycles. The molecule has 1 aliphatic rings. The van der Waals surface area contributed by atoms with E-state index in [0.29, 0.717) is 25.9 Å². The zero-order chi connectivity index (χ0) is 30.6. The van der Waals surface area contributed by atoms with Crippen molar-refractivity contribution in [3.8, 4) is 5.75 Å². The lowest BCUT2D eigenvalue weighted by molar-refractivity contribution is -0.158. The Kier molecular flexibility index (Phi) is 14.8. The van der Waals surface area contributed by atoms with Gasteiger partial charge < -0.3 is 19.3 Å². The Morgan fingerprint density at radius 2 is 1.38 bits per heavy atom. The van der Waals surface area contributed by atoms with E-state index < -0.39 is 11.7 Å². The summed E-state index contributed by atoms with van der Waals surface area (Å²) in [4.78, 5) is 20.8. The van der Waals surface area contributed by atoms with Crippen molar-refractivity contribution in [2.45, 2.75) is 94.8 Å². The van der Waals surface area contributed by atoms with Crippen molar-refractivity contribution in [3.63, 3.8) is 0 Å². The lowest BCUT2D eigenvalue weighted by Gasteiger charge is -2.37. The number of nitrogens with zero attached hydrogens (tertiary/aromatic N) is 3. The Morgan fingerprint density at radius 1 is 0.923 bits per heavy atom. The number of hydrogen-bond donors (Lipinski definition) is 0. The van der Waals surface area contributed by atoms with Crippen LogP contribution in [0.4, 0.5) is 13.6 Å². The van der Waals surface area contributed by atoms with Gasteiger partial charge in [0.15, 0.2) is 0 Å². The Bertz CT molecular complexity index is 914. The summed E-state index contributed by atoms with van der Waals surface area (Å²) in [7, 11) is 1.84. The van der Waals surface area contributed by atoms with Crippen LogP contribution in [0, 0.1) is 18.3 Å². The van der Waals surface area contributed by atoms with Gasteiger partial charge in [-0.2, -0.15) is 8.78 Å². The van der Waals surface area contributed by atoms with Crippen LogP contribution in [0.3, 0.4) is 0 Å². The number of rotatable bonds is 4. The number of ether oxygens (including phenoxy) is 2. The van der Waals surface area contributed by atoms with Gasteiger partial charge in [0.25, 0.3) is 0 Å². The quantitative estimate of drug-likeness (QED) is 0.278. The second-order valence-corrected chi connectivity index (χ2v) is 11.8. The molecule has 0 radical (unpaired) electrons. The normalized spacial score (nSPS) is 15.2. The van der Waals surface area contributed by atoms with E-state index in [9.17, 15) is 13.6 Å². The molecule has 39 heavy (non-hydrogen) atoms. The topological polar surface area (TPSA) is 54.4 Å². The van der Waals surface area contributed by atoms with Crippen LogP contribution in [0.25, 0.3) is 0 Å². The highest BCUT2D eigenvalue weighted by molar-refractivity contribution is 5.94. The fourth-order valence-electron chi connectivity index (χ4n) is 3.94. The molecular weight excluding hydrogens is 500 g/mol. The van der Waals surface area contributed by atoms with Gasteiger partial charge in [0.05, 0.1) is 0 Å². The summed E-state index contributed by atoms with van der Waals surface area (Å²) in [6.45, 7) is 26.3. The van der Waals surface area contributed by atoms with E-state index in [0.717, 1.165) is 24.5 Å². The average molecular weight is 554 g/mol. The van der Waals surface area contributed by atoms with E-state index in [1.54, 1.807) is 17.0 Å². The van der Waals surface area contributed by atoms with E-state index >= 15 is 0 Å². The van der Waals surface area contributed by atoms with E-state index in [1.807, 2.05) is 48.6 Å². The molecular formula is C31H53F2N3O3.